The van der Waals surface area contributed by atoms with E-state index in [2.05, 4.69) is 36.5 Å². The van der Waals surface area contributed by atoms with E-state index in [-0.39, 0.29) is 0 Å². The fourth-order valence-corrected chi connectivity index (χ4v) is 3.59. The molecule has 0 unspecified atom stereocenters. The number of aryl methyl sites for hydroxylation is 1. The van der Waals surface area contributed by atoms with Crippen molar-refractivity contribution in [1.29, 1.82) is 0 Å². The molecule has 2 heteroatoms. The lowest BCUT2D eigenvalue weighted by atomic mass is 9.82. The van der Waals surface area contributed by atoms with Gasteiger partial charge in [0.15, 0.2) is 0 Å². The van der Waals surface area contributed by atoms with E-state index in [1.54, 1.807) is 0 Å². The molecule has 0 spiro atoms. The Balaban J connectivity index is 1.56. The van der Waals surface area contributed by atoms with Crippen molar-refractivity contribution in [2.45, 2.75) is 31.8 Å². The fourth-order valence-electron chi connectivity index (χ4n) is 3.59. The van der Waals surface area contributed by atoms with Crippen molar-refractivity contribution in [3.05, 3.63) is 107 Å². The quantitative estimate of drug-likeness (QED) is 0.536. The predicted octanol–water partition coefficient (Wildman–Crippen LogP) is 4.84. The second-order valence-electron chi connectivity index (χ2n) is 7.12. The predicted molar refractivity (Wildman–Crippen MR) is 113 cm³/mol. The summed E-state index contributed by atoms with van der Waals surface area (Å²) in [4.78, 5) is 0. The summed E-state index contributed by atoms with van der Waals surface area (Å²) >= 11 is 0. The average Bonchev–Trinajstić information content (AvgIpc) is 2.73. The van der Waals surface area contributed by atoms with Crippen molar-refractivity contribution in [2.75, 3.05) is 13.1 Å². The highest BCUT2D eigenvalue weighted by Gasteiger charge is 2.30. The third-order valence-corrected chi connectivity index (χ3v) is 5.23. The molecule has 0 saturated carbocycles. The van der Waals surface area contributed by atoms with Gasteiger partial charge in [0.25, 0.3) is 0 Å². The van der Waals surface area contributed by atoms with Gasteiger partial charge in [0.2, 0.25) is 0 Å². The minimum absolute atomic E-state index is 0.693. The molecule has 140 valence electrons. The first kappa shape index (κ1) is 19.3. The molecule has 0 aromatic heterocycles. The highest BCUT2D eigenvalue weighted by atomic mass is 16.3. The second kappa shape index (κ2) is 9.50. The number of hydrogen-bond donors (Lipinski definition) is 2. The Bertz CT molecular complexity index is 774. The highest BCUT2D eigenvalue weighted by molar-refractivity contribution is 5.35. The van der Waals surface area contributed by atoms with Crippen molar-refractivity contribution >= 4 is 0 Å². The van der Waals surface area contributed by atoms with Gasteiger partial charge in [-0.3, -0.25) is 0 Å². The van der Waals surface area contributed by atoms with Crippen LogP contribution < -0.4 is 5.32 Å². The number of hydrogen-bond acceptors (Lipinski definition) is 2. The number of aliphatic hydroxyl groups is 1. The third kappa shape index (κ3) is 5.06. The van der Waals surface area contributed by atoms with Crippen LogP contribution in [0.3, 0.4) is 0 Å². The Hall–Kier alpha value is -2.42. The van der Waals surface area contributed by atoms with Crippen LogP contribution in [-0.2, 0) is 12.0 Å². The normalized spacial score (nSPS) is 11.5. The van der Waals surface area contributed by atoms with Gasteiger partial charge >= 0.3 is 0 Å². The maximum Gasteiger partial charge on any atom is 0.115 e. The van der Waals surface area contributed by atoms with E-state index < -0.39 is 5.60 Å². The Labute approximate surface area is 162 Å². The van der Waals surface area contributed by atoms with E-state index in [4.69, 9.17) is 0 Å². The molecule has 0 bridgehead atoms. The highest BCUT2D eigenvalue weighted by Crippen LogP contribution is 2.33. The molecule has 2 nitrogen and oxygen atoms in total. The Kier molecular flexibility index (Phi) is 6.80. The number of rotatable bonds is 9. The Morgan fingerprint density at radius 1 is 0.741 bits per heavy atom. The average molecular weight is 360 g/mol. The molecule has 0 aliphatic carbocycles. The van der Waals surface area contributed by atoms with Crippen LogP contribution in [0, 0.1) is 6.92 Å². The van der Waals surface area contributed by atoms with E-state index in [0.29, 0.717) is 6.42 Å². The lowest BCUT2D eigenvalue weighted by Crippen LogP contribution is -2.29. The van der Waals surface area contributed by atoms with Crippen LogP contribution >= 0.6 is 0 Å². The van der Waals surface area contributed by atoms with Crippen molar-refractivity contribution in [1.82, 2.24) is 5.32 Å². The van der Waals surface area contributed by atoms with Crippen LogP contribution in [0.2, 0.25) is 0 Å². The molecule has 3 rings (SSSR count). The van der Waals surface area contributed by atoms with Crippen LogP contribution in [0.5, 0.6) is 0 Å². The van der Waals surface area contributed by atoms with Gasteiger partial charge in [-0.15, -0.1) is 0 Å². The summed E-state index contributed by atoms with van der Waals surface area (Å²) < 4.78 is 0. The van der Waals surface area contributed by atoms with Crippen molar-refractivity contribution in [3.63, 3.8) is 0 Å². The lowest BCUT2D eigenvalue weighted by molar-refractivity contribution is 0.0687. The second-order valence-corrected chi connectivity index (χ2v) is 7.12. The van der Waals surface area contributed by atoms with E-state index >= 15 is 0 Å². The molecule has 0 amide bonds. The maximum absolute atomic E-state index is 11.5. The molecule has 0 heterocycles. The largest absolute Gasteiger partial charge is 0.380 e. The van der Waals surface area contributed by atoms with Crippen LogP contribution in [0.15, 0.2) is 84.9 Å². The van der Waals surface area contributed by atoms with Crippen LogP contribution in [0.1, 0.15) is 35.1 Å². The first-order valence-corrected chi connectivity index (χ1v) is 9.79. The third-order valence-electron chi connectivity index (χ3n) is 5.23. The Morgan fingerprint density at radius 2 is 1.30 bits per heavy atom. The van der Waals surface area contributed by atoms with E-state index in [0.717, 1.165) is 37.1 Å². The van der Waals surface area contributed by atoms with Crippen molar-refractivity contribution < 1.29 is 5.11 Å². The summed E-state index contributed by atoms with van der Waals surface area (Å²) in [6.07, 6.45) is 2.64. The van der Waals surface area contributed by atoms with Crippen LogP contribution in [0.4, 0.5) is 0 Å². The summed E-state index contributed by atoms with van der Waals surface area (Å²) in [5.74, 6) is 0. The van der Waals surface area contributed by atoms with Crippen LogP contribution in [0.25, 0.3) is 0 Å². The van der Waals surface area contributed by atoms with Gasteiger partial charge in [0, 0.05) is 0 Å². The van der Waals surface area contributed by atoms with E-state index in [1.165, 1.54) is 11.1 Å². The lowest BCUT2D eigenvalue weighted by Gasteiger charge is -2.29. The standard InChI is InChI=1S/C25H29NO/c1-21-11-8-9-12-22(21)17-20-26-19-10-18-25(27,23-13-4-2-5-14-23)24-15-6-3-7-16-24/h2-9,11-16,26-27H,10,17-20H2,1H3. The molecule has 0 radical (unpaired) electrons. The van der Waals surface area contributed by atoms with Gasteiger partial charge in [-0.05, 0) is 61.5 Å². The SMILES string of the molecule is Cc1ccccc1CCNCCCC(O)(c1ccccc1)c1ccccc1. The zero-order valence-electron chi connectivity index (χ0n) is 16.1. The molecular formula is C25H29NO. The number of benzene rings is 3. The summed E-state index contributed by atoms with van der Waals surface area (Å²) in [7, 11) is 0. The van der Waals surface area contributed by atoms with Gasteiger partial charge < -0.3 is 10.4 Å². The number of nitrogens with one attached hydrogen (secondary N) is 1. The molecule has 0 fully saturated rings. The molecule has 3 aromatic carbocycles. The zero-order chi connectivity index (χ0) is 19.0. The summed E-state index contributed by atoms with van der Waals surface area (Å²) in [6.45, 7) is 4.02. The molecule has 2 N–H and O–H groups in total. The molecular weight excluding hydrogens is 330 g/mol. The van der Waals surface area contributed by atoms with Crippen LogP contribution in [-0.4, -0.2) is 18.2 Å². The molecule has 0 saturated heterocycles. The minimum atomic E-state index is -0.944. The van der Waals surface area contributed by atoms with Gasteiger partial charge in [-0.1, -0.05) is 84.9 Å². The smallest absolute Gasteiger partial charge is 0.115 e. The summed E-state index contributed by atoms with van der Waals surface area (Å²) in [5.41, 5.74) is 3.71. The van der Waals surface area contributed by atoms with Gasteiger partial charge in [-0.2, -0.15) is 0 Å². The molecule has 3 aromatic rings. The summed E-state index contributed by atoms with van der Waals surface area (Å²) in [6, 6.07) is 28.5. The molecule has 0 atom stereocenters. The van der Waals surface area contributed by atoms with Crippen molar-refractivity contribution in [3.8, 4) is 0 Å². The topological polar surface area (TPSA) is 32.3 Å². The Morgan fingerprint density at radius 3 is 1.89 bits per heavy atom. The van der Waals surface area contributed by atoms with E-state index in [9.17, 15) is 5.11 Å². The zero-order valence-corrected chi connectivity index (χ0v) is 16.1. The fraction of sp³-hybridized carbons (Fsp3) is 0.280. The van der Waals surface area contributed by atoms with Gasteiger partial charge in [-0.25, -0.2) is 0 Å². The summed E-state index contributed by atoms with van der Waals surface area (Å²) in [5, 5.41) is 15.0. The first-order chi connectivity index (χ1) is 13.2. The molecule has 0 aliphatic heterocycles. The molecule has 27 heavy (non-hydrogen) atoms. The van der Waals surface area contributed by atoms with Crippen molar-refractivity contribution in [2.24, 2.45) is 0 Å². The molecule has 0 aliphatic rings. The monoisotopic (exact) mass is 359 g/mol. The minimum Gasteiger partial charge on any atom is -0.380 e. The van der Waals surface area contributed by atoms with Gasteiger partial charge in [0.05, 0.1) is 0 Å². The van der Waals surface area contributed by atoms with Gasteiger partial charge in [0.1, 0.15) is 5.60 Å². The maximum atomic E-state index is 11.5. The first-order valence-electron chi connectivity index (χ1n) is 9.79. The van der Waals surface area contributed by atoms with E-state index in [1.807, 2.05) is 60.7 Å².